The van der Waals surface area contributed by atoms with E-state index in [1.54, 1.807) is 13.8 Å². The van der Waals surface area contributed by atoms with Gasteiger partial charge in [0.15, 0.2) is 11.9 Å². The van der Waals surface area contributed by atoms with Gasteiger partial charge in [0.1, 0.15) is 23.9 Å². The van der Waals surface area contributed by atoms with Crippen molar-refractivity contribution in [1.29, 1.82) is 0 Å². The van der Waals surface area contributed by atoms with Crippen LogP contribution in [0, 0.1) is 22.7 Å². The first-order chi connectivity index (χ1) is 13.4. The summed E-state index contributed by atoms with van der Waals surface area (Å²) in [6, 6.07) is 0. The first-order valence-corrected chi connectivity index (χ1v) is 9.63. The van der Waals surface area contributed by atoms with E-state index < -0.39 is 70.2 Å². The molecule has 2 unspecified atom stereocenters. The third-order valence-electron chi connectivity index (χ3n) is 8.44. The Morgan fingerprint density at radius 3 is 2.45 bits per heavy atom. The molecule has 158 valence electrons. The number of hydrogen-bond acceptors (Lipinski definition) is 9. The Kier molecular flexibility index (Phi) is 3.44. The Hall–Kier alpha value is -1.62. The fourth-order valence-corrected chi connectivity index (χ4v) is 7.19. The molecule has 29 heavy (non-hydrogen) atoms. The van der Waals surface area contributed by atoms with Crippen molar-refractivity contribution in [2.45, 2.75) is 56.1 Å². The number of carbonyl (C=O) groups is 2. The Morgan fingerprint density at radius 2 is 1.79 bits per heavy atom. The van der Waals surface area contributed by atoms with Gasteiger partial charge in [0.05, 0.1) is 12.0 Å². The van der Waals surface area contributed by atoms with Gasteiger partial charge in [0, 0.05) is 11.3 Å². The van der Waals surface area contributed by atoms with E-state index >= 15 is 0 Å². The van der Waals surface area contributed by atoms with Crippen LogP contribution in [0.5, 0.6) is 0 Å². The van der Waals surface area contributed by atoms with E-state index in [-0.39, 0.29) is 18.6 Å². The number of rotatable bonds is 0. The summed E-state index contributed by atoms with van der Waals surface area (Å²) in [6.07, 6.45) is -5.01. The van der Waals surface area contributed by atoms with Crippen LogP contribution in [0.4, 0.5) is 0 Å². The van der Waals surface area contributed by atoms with Crippen molar-refractivity contribution in [3.63, 3.8) is 0 Å². The van der Waals surface area contributed by atoms with Gasteiger partial charge in [-0.25, -0.2) is 4.79 Å². The zero-order valence-corrected chi connectivity index (χ0v) is 16.0. The molecule has 2 bridgehead atoms. The Labute approximate surface area is 166 Å². The van der Waals surface area contributed by atoms with E-state index in [4.69, 9.17) is 9.47 Å². The maximum Gasteiger partial charge on any atom is 0.338 e. The number of ketones is 1. The largest absolute Gasteiger partial charge is 0.460 e. The standard InChI is InChI=1S/C20H24O9/c1-7-4-10(21)13(23)17(3)9(7)5-11-18-6-28-20(27,16(17)18)12(22)8(2)19(18,26)14(24)15(25)29-11/h4,9,11-14,16,22-24,26-27H,2,5-6H2,1,3H3/t9?,11-,12-,13-,14+,16?,17-,18-,19+,20-/m1/s1. The number of hydrogen-bond donors (Lipinski definition) is 5. The fraction of sp³-hybridized carbons (Fsp3) is 0.700. The highest BCUT2D eigenvalue weighted by Gasteiger charge is 2.87. The van der Waals surface area contributed by atoms with Crippen molar-refractivity contribution >= 4 is 11.8 Å². The van der Waals surface area contributed by atoms with Crippen LogP contribution in [0.1, 0.15) is 20.3 Å². The molecule has 1 spiro atoms. The minimum atomic E-state index is -2.37. The number of ether oxygens (including phenoxy) is 2. The van der Waals surface area contributed by atoms with Gasteiger partial charge in [-0.05, 0) is 30.9 Å². The summed E-state index contributed by atoms with van der Waals surface area (Å²) in [5.41, 5.74) is -5.06. The number of esters is 1. The molecule has 0 aromatic carbocycles. The Morgan fingerprint density at radius 1 is 1.14 bits per heavy atom. The summed E-state index contributed by atoms with van der Waals surface area (Å²) < 4.78 is 11.1. The predicted octanol–water partition coefficient (Wildman–Crippen LogP) is -1.83. The summed E-state index contributed by atoms with van der Waals surface area (Å²) in [5, 5.41) is 55.7. The number of aliphatic hydroxyl groups is 5. The van der Waals surface area contributed by atoms with E-state index in [9.17, 15) is 35.1 Å². The molecule has 2 heterocycles. The van der Waals surface area contributed by atoms with Crippen molar-refractivity contribution < 1.29 is 44.6 Å². The van der Waals surface area contributed by atoms with Crippen LogP contribution in [0.15, 0.2) is 23.8 Å². The topological polar surface area (TPSA) is 154 Å². The highest BCUT2D eigenvalue weighted by molar-refractivity contribution is 5.96. The molecular formula is C20H24O9. The van der Waals surface area contributed by atoms with Crippen molar-refractivity contribution in [2.24, 2.45) is 22.7 Å². The normalized spacial score (nSPS) is 58.3. The van der Waals surface area contributed by atoms with Gasteiger partial charge in [-0.15, -0.1) is 0 Å². The molecule has 4 fully saturated rings. The number of carbonyl (C=O) groups excluding carboxylic acids is 2. The van der Waals surface area contributed by atoms with Gasteiger partial charge >= 0.3 is 5.97 Å². The molecule has 3 aliphatic carbocycles. The monoisotopic (exact) mass is 408 g/mol. The zero-order chi connectivity index (χ0) is 21.3. The Balaban J connectivity index is 1.85. The average molecular weight is 408 g/mol. The summed E-state index contributed by atoms with van der Waals surface area (Å²) >= 11 is 0. The van der Waals surface area contributed by atoms with Gasteiger partial charge in [-0.1, -0.05) is 19.1 Å². The molecule has 5 rings (SSSR count). The molecule has 0 radical (unpaired) electrons. The van der Waals surface area contributed by atoms with E-state index in [0.29, 0.717) is 5.57 Å². The lowest BCUT2D eigenvalue weighted by Crippen LogP contribution is -2.82. The zero-order valence-electron chi connectivity index (χ0n) is 16.0. The summed E-state index contributed by atoms with van der Waals surface area (Å²) in [6.45, 7) is 6.62. The van der Waals surface area contributed by atoms with Gasteiger partial charge in [0.2, 0.25) is 5.79 Å². The third-order valence-corrected chi connectivity index (χ3v) is 8.44. The SMILES string of the molecule is C=C1[C@@H](O)[C@@]2(O)OC[C@]34C2[C@]2(C)C(C[C@H]3OC(=O)[C@H](O)[C@@]14O)C(C)=CC(=O)[C@H]2O. The quantitative estimate of drug-likeness (QED) is 0.230. The molecule has 0 aromatic heterocycles. The van der Waals surface area contributed by atoms with Crippen LogP contribution in [0.3, 0.4) is 0 Å². The van der Waals surface area contributed by atoms with Gasteiger partial charge in [-0.3, -0.25) is 4.79 Å². The molecule has 2 saturated heterocycles. The van der Waals surface area contributed by atoms with Crippen molar-refractivity contribution in [3.05, 3.63) is 23.8 Å². The lowest BCUT2D eigenvalue weighted by Gasteiger charge is -2.69. The van der Waals surface area contributed by atoms with Crippen LogP contribution in [0.2, 0.25) is 0 Å². The second kappa shape index (κ2) is 5.16. The number of aliphatic hydroxyl groups excluding tert-OH is 3. The maximum atomic E-state index is 12.5. The molecule has 5 N–H and O–H groups in total. The molecule has 9 heteroatoms. The molecule has 2 saturated carbocycles. The minimum Gasteiger partial charge on any atom is -0.460 e. The number of allylic oxidation sites excluding steroid dienone is 1. The van der Waals surface area contributed by atoms with E-state index in [1.807, 2.05) is 0 Å². The van der Waals surface area contributed by atoms with Crippen LogP contribution >= 0.6 is 0 Å². The van der Waals surface area contributed by atoms with Crippen molar-refractivity contribution in [2.75, 3.05) is 6.61 Å². The van der Waals surface area contributed by atoms with Crippen molar-refractivity contribution in [1.82, 2.24) is 0 Å². The van der Waals surface area contributed by atoms with Crippen LogP contribution in [-0.2, 0) is 19.1 Å². The summed E-state index contributed by atoms with van der Waals surface area (Å²) in [4.78, 5) is 25.0. The van der Waals surface area contributed by atoms with E-state index in [1.165, 1.54) is 6.08 Å². The van der Waals surface area contributed by atoms with Gasteiger partial charge < -0.3 is 35.0 Å². The second-order valence-electron chi connectivity index (χ2n) is 9.38. The van der Waals surface area contributed by atoms with Crippen molar-refractivity contribution in [3.8, 4) is 0 Å². The summed E-state index contributed by atoms with van der Waals surface area (Å²) in [5.74, 6) is -5.66. The first-order valence-electron chi connectivity index (χ1n) is 9.63. The molecular weight excluding hydrogens is 384 g/mol. The van der Waals surface area contributed by atoms with E-state index in [0.717, 1.165) is 0 Å². The van der Waals surface area contributed by atoms with Crippen LogP contribution in [-0.4, -0.2) is 79.7 Å². The number of fused-ring (bicyclic) bond motifs is 1. The summed E-state index contributed by atoms with van der Waals surface area (Å²) in [7, 11) is 0. The molecule has 9 nitrogen and oxygen atoms in total. The lowest BCUT2D eigenvalue weighted by atomic mass is 9.37. The second-order valence-corrected chi connectivity index (χ2v) is 9.38. The predicted molar refractivity (Wildman–Crippen MR) is 93.8 cm³/mol. The van der Waals surface area contributed by atoms with Gasteiger partial charge in [-0.2, -0.15) is 0 Å². The fourth-order valence-electron chi connectivity index (χ4n) is 7.19. The highest BCUT2D eigenvalue weighted by Crippen LogP contribution is 2.74. The van der Waals surface area contributed by atoms with Crippen LogP contribution in [0.25, 0.3) is 0 Å². The molecule has 10 atom stereocenters. The Bertz CT molecular complexity index is 896. The molecule has 0 amide bonds. The maximum absolute atomic E-state index is 12.5. The molecule has 5 aliphatic rings. The first kappa shape index (κ1) is 19.3. The highest BCUT2D eigenvalue weighted by atomic mass is 16.7. The third kappa shape index (κ3) is 1.69. The lowest BCUT2D eigenvalue weighted by molar-refractivity contribution is -0.337. The van der Waals surface area contributed by atoms with Gasteiger partial charge in [0.25, 0.3) is 0 Å². The molecule has 2 aliphatic heterocycles. The van der Waals surface area contributed by atoms with Crippen LogP contribution < -0.4 is 0 Å². The molecule has 0 aromatic rings. The smallest absolute Gasteiger partial charge is 0.338 e. The minimum absolute atomic E-state index is 0.142. The van der Waals surface area contributed by atoms with E-state index in [2.05, 4.69) is 6.58 Å². The average Bonchev–Trinajstić information content (AvgIpc) is 2.98.